The van der Waals surface area contributed by atoms with Crippen LogP contribution in [0.4, 0.5) is 8.78 Å². The number of ether oxygens (including phenoxy) is 3. The molecule has 3 aromatic carbocycles. The van der Waals surface area contributed by atoms with Gasteiger partial charge < -0.3 is 19.2 Å². The van der Waals surface area contributed by atoms with Crippen molar-refractivity contribution in [3.05, 3.63) is 101 Å². The first-order chi connectivity index (χ1) is 20.6. The van der Waals surface area contributed by atoms with Gasteiger partial charge in [0.25, 0.3) is 0 Å². The minimum absolute atomic E-state index is 0.0479. The number of nitrogens with one attached hydrogen (secondary N) is 1. The van der Waals surface area contributed by atoms with Gasteiger partial charge >= 0.3 is 5.97 Å². The van der Waals surface area contributed by atoms with Crippen LogP contribution in [0.2, 0.25) is 0 Å². The molecule has 1 aliphatic rings. The van der Waals surface area contributed by atoms with Gasteiger partial charge in [0.2, 0.25) is 0 Å². The number of nitrogens with zero attached hydrogens (tertiary/aromatic N) is 2. The summed E-state index contributed by atoms with van der Waals surface area (Å²) in [5.74, 6) is -1.95. The molecule has 222 valence electrons. The first kappa shape index (κ1) is 28.4. The predicted octanol–water partition coefficient (Wildman–Crippen LogP) is 5.60. The SMILES string of the molecule is CCOC(=O)Cc1cccc2c1OCC2c1ccn(-c2cc(Oc3c(F)cc4[nH]ccc4c3CS(C)(=O)=O)ccc2F)n1. The molecule has 0 spiro atoms. The van der Waals surface area contributed by atoms with E-state index in [9.17, 15) is 13.2 Å². The summed E-state index contributed by atoms with van der Waals surface area (Å²) in [6.07, 6.45) is 4.32. The van der Waals surface area contributed by atoms with Gasteiger partial charge in [0.1, 0.15) is 29.6 Å². The molecular weight excluding hydrogens is 580 g/mol. The molecule has 0 saturated heterocycles. The Morgan fingerprint density at radius 1 is 1.14 bits per heavy atom. The lowest BCUT2D eigenvalue weighted by atomic mass is 9.95. The quantitative estimate of drug-likeness (QED) is 0.217. The van der Waals surface area contributed by atoms with Crippen molar-refractivity contribution in [1.29, 1.82) is 0 Å². The van der Waals surface area contributed by atoms with Crippen molar-refractivity contribution >= 4 is 26.7 Å². The zero-order chi connectivity index (χ0) is 30.3. The molecule has 2 aromatic heterocycles. The molecule has 0 aliphatic carbocycles. The number of fused-ring (bicyclic) bond motifs is 2. The van der Waals surface area contributed by atoms with E-state index in [1.165, 1.54) is 28.9 Å². The summed E-state index contributed by atoms with van der Waals surface area (Å²) in [7, 11) is -3.54. The molecule has 0 amide bonds. The molecule has 1 atom stereocenters. The van der Waals surface area contributed by atoms with Gasteiger partial charge in [-0.2, -0.15) is 5.10 Å². The summed E-state index contributed by atoms with van der Waals surface area (Å²) in [6, 6.07) is 14.1. The van der Waals surface area contributed by atoms with Gasteiger partial charge in [-0.3, -0.25) is 4.79 Å². The molecule has 5 aromatic rings. The number of aromatic nitrogens is 3. The number of para-hydroxylation sites is 1. The largest absolute Gasteiger partial charge is 0.492 e. The van der Waals surface area contributed by atoms with Crippen molar-refractivity contribution in [3.8, 4) is 22.9 Å². The maximum Gasteiger partial charge on any atom is 0.310 e. The lowest BCUT2D eigenvalue weighted by Crippen LogP contribution is -2.08. The highest BCUT2D eigenvalue weighted by Crippen LogP contribution is 2.41. The van der Waals surface area contributed by atoms with Gasteiger partial charge in [-0.05, 0) is 31.2 Å². The van der Waals surface area contributed by atoms with Gasteiger partial charge in [-0.1, -0.05) is 18.2 Å². The Hall–Kier alpha value is -4.71. The van der Waals surface area contributed by atoms with Crippen molar-refractivity contribution in [1.82, 2.24) is 14.8 Å². The predicted molar refractivity (Wildman–Crippen MR) is 155 cm³/mol. The van der Waals surface area contributed by atoms with Crippen LogP contribution in [0.3, 0.4) is 0 Å². The Kier molecular flexibility index (Phi) is 7.38. The van der Waals surface area contributed by atoms with Crippen LogP contribution in [0.1, 0.15) is 35.2 Å². The number of H-pyrrole nitrogens is 1. The molecule has 43 heavy (non-hydrogen) atoms. The Bertz CT molecular complexity index is 1970. The number of halogens is 2. The van der Waals surface area contributed by atoms with Crippen molar-refractivity contribution in [3.63, 3.8) is 0 Å². The van der Waals surface area contributed by atoms with E-state index in [0.717, 1.165) is 11.8 Å². The van der Waals surface area contributed by atoms with Crippen LogP contribution >= 0.6 is 0 Å². The summed E-state index contributed by atoms with van der Waals surface area (Å²) in [5, 5.41) is 5.10. The van der Waals surface area contributed by atoms with Gasteiger partial charge in [-0.25, -0.2) is 21.9 Å². The van der Waals surface area contributed by atoms with Crippen molar-refractivity contribution in [2.45, 2.75) is 25.0 Å². The highest BCUT2D eigenvalue weighted by Gasteiger charge is 2.30. The Morgan fingerprint density at radius 2 is 1.98 bits per heavy atom. The highest BCUT2D eigenvalue weighted by molar-refractivity contribution is 7.89. The van der Waals surface area contributed by atoms with Crippen molar-refractivity contribution < 1.29 is 36.2 Å². The molecule has 1 unspecified atom stereocenters. The molecule has 3 heterocycles. The van der Waals surface area contributed by atoms with E-state index in [4.69, 9.17) is 14.2 Å². The molecule has 12 heteroatoms. The molecule has 0 saturated carbocycles. The first-order valence-corrected chi connectivity index (χ1v) is 15.6. The zero-order valence-corrected chi connectivity index (χ0v) is 24.1. The maximum absolute atomic E-state index is 15.2. The lowest BCUT2D eigenvalue weighted by molar-refractivity contribution is -0.142. The molecule has 0 bridgehead atoms. The van der Waals surface area contributed by atoms with Gasteiger partial charge in [-0.15, -0.1) is 0 Å². The van der Waals surface area contributed by atoms with Crippen molar-refractivity contribution in [2.24, 2.45) is 0 Å². The fraction of sp³-hybridized carbons (Fsp3) is 0.226. The number of rotatable bonds is 9. The summed E-state index contributed by atoms with van der Waals surface area (Å²) in [4.78, 5) is 14.9. The number of esters is 1. The van der Waals surface area contributed by atoms with Gasteiger partial charge in [0.15, 0.2) is 21.4 Å². The smallest absolute Gasteiger partial charge is 0.310 e. The summed E-state index contributed by atoms with van der Waals surface area (Å²) in [5.41, 5.74) is 2.84. The maximum atomic E-state index is 15.2. The van der Waals surface area contributed by atoms with Crippen LogP contribution in [0.5, 0.6) is 17.2 Å². The number of carbonyl (C=O) groups is 1. The Labute approximate surface area is 245 Å². The van der Waals surface area contributed by atoms with Crippen molar-refractivity contribution in [2.75, 3.05) is 19.5 Å². The van der Waals surface area contributed by atoms with Crippen LogP contribution in [0.25, 0.3) is 16.6 Å². The molecule has 1 aliphatic heterocycles. The van der Waals surface area contributed by atoms with Crippen LogP contribution in [0.15, 0.2) is 67.0 Å². The highest BCUT2D eigenvalue weighted by atomic mass is 32.2. The number of sulfone groups is 1. The normalized spacial score (nSPS) is 14.5. The van der Waals surface area contributed by atoms with E-state index in [1.807, 2.05) is 18.2 Å². The first-order valence-electron chi connectivity index (χ1n) is 13.5. The minimum Gasteiger partial charge on any atom is -0.492 e. The molecule has 0 radical (unpaired) electrons. The average Bonchev–Trinajstić information content (AvgIpc) is 3.71. The number of hydrogen-bond acceptors (Lipinski definition) is 7. The Balaban J connectivity index is 1.30. The van der Waals surface area contributed by atoms with E-state index in [2.05, 4.69) is 10.1 Å². The fourth-order valence-electron chi connectivity index (χ4n) is 5.31. The summed E-state index contributed by atoms with van der Waals surface area (Å²) >= 11 is 0. The third-order valence-electron chi connectivity index (χ3n) is 7.16. The third kappa shape index (κ3) is 5.70. The van der Waals surface area contributed by atoms with E-state index in [-0.39, 0.29) is 47.7 Å². The second-order valence-electron chi connectivity index (χ2n) is 10.3. The standard InChI is InChI=1S/C31H27F2N3O6S/c1-3-40-29(37)13-18-5-4-6-21-22(16-41-30(18)21)26-10-12-36(35-26)28-14-19(7-8-24(28)32)42-31-23(17-43(2,38)39)20-9-11-34-27(20)15-25(31)33/h4-12,14-15,22,34H,3,13,16-17H2,1-2H3. The monoisotopic (exact) mass is 607 g/mol. The second-order valence-corrected chi connectivity index (χ2v) is 12.4. The molecule has 6 rings (SSSR count). The number of carbonyl (C=O) groups excluding carboxylic acids is 1. The fourth-order valence-corrected chi connectivity index (χ4v) is 6.12. The van der Waals surface area contributed by atoms with E-state index < -0.39 is 27.2 Å². The summed E-state index contributed by atoms with van der Waals surface area (Å²) < 4.78 is 72.8. The minimum atomic E-state index is -3.54. The van der Waals surface area contributed by atoms with Gasteiger partial charge in [0, 0.05) is 58.4 Å². The van der Waals surface area contributed by atoms with Crippen LogP contribution in [0, 0.1) is 11.6 Å². The molecular formula is C31H27F2N3O6S. The number of benzene rings is 3. The average molecular weight is 608 g/mol. The Morgan fingerprint density at radius 3 is 2.77 bits per heavy atom. The topological polar surface area (TPSA) is 113 Å². The lowest BCUT2D eigenvalue weighted by Gasteiger charge is -2.14. The van der Waals surface area contributed by atoms with Crippen LogP contribution in [-0.4, -0.2) is 48.6 Å². The van der Waals surface area contributed by atoms with Crippen LogP contribution in [-0.2, 0) is 31.5 Å². The number of aromatic amines is 1. The third-order valence-corrected chi connectivity index (χ3v) is 7.97. The molecule has 1 N–H and O–H groups in total. The van der Waals surface area contributed by atoms with Crippen LogP contribution < -0.4 is 9.47 Å². The van der Waals surface area contributed by atoms with E-state index in [0.29, 0.717) is 34.5 Å². The second kappa shape index (κ2) is 11.2. The summed E-state index contributed by atoms with van der Waals surface area (Å²) in [6.45, 7) is 2.33. The zero-order valence-electron chi connectivity index (χ0n) is 23.3. The molecule has 0 fully saturated rings. The number of hydrogen-bond donors (Lipinski definition) is 1. The van der Waals surface area contributed by atoms with E-state index >= 15 is 8.78 Å². The van der Waals surface area contributed by atoms with Gasteiger partial charge in [0.05, 0.1) is 30.4 Å². The molecule has 9 nitrogen and oxygen atoms in total. The van der Waals surface area contributed by atoms with E-state index in [1.54, 1.807) is 31.5 Å².